The van der Waals surface area contributed by atoms with E-state index in [2.05, 4.69) is 10.3 Å². The predicted molar refractivity (Wildman–Crippen MR) is 113 cm³/mol. The molecular formula is C22H26ClN3O3. The first-order chi connectivity index (χ1) is 13.8. The smallest absolute Gasteiger partial charge is 0.253 e. The number of carbonyl (C=O) groups excluding carboxylic acids is 2. The Labute approximate surface area is 175 Å². The number of H-pyrrole nitrogens is 1. The molecule has 1 atom stereocenters. The number of carbonyl (C=O) groups is 2. The third kappa shape index (κ3) is 5.26. The van der Waals surface area contributed by atoms with Crippen molar-refractivity contribution in [2.75, 3.05) is 13.1 Å². The number of aromatic nitrogens is 1. The van der Waals surface area contributed by atoms with Crippen molar-refractivity contribution in [3.8, 4) is 0 Å². The molecule has 1 fully saturated rings. The van der Waals surface area contributed by atoms with E-state index in [-0.39, 0.29) is 23.3 Å². The molecule has 2 heterocycles. The van der Waals surface area contributed by atoms with Crippen molar-refractivity contribution >= 4 is 23.4 Å². The quantitative estimate of drug-likeness (QED) is 0.786. The maximum Gasteiger partial charge on any atom is 0.253 e. The molecule has 1 saturated heterocycles. The van der Waals surface area contributed by atoms with Crippen molar-refractivity contribution in [2.24, 2.45) is 5.92 Å². The molecule has 2 aromatic rings. The summed E-state index contributed by atoms with van der Waals surface area (Å²) in [5, 5.41) is 3.55. The molecule has 3 rings (SSSR count). The van der Waals surface area contributed by atoms with Gasteiger partial charge in [-0.3, -0.25) is 14.4 Å². The highest BCUT2D eigenvalue weighted by Crippen LogP contribution is 2.29. The van der Waals surface area contributed by atoms with Gasteiger partial charge in [0.2, 0.25) is 11.5 Å². The first-order valence-electron chi connectivity index (χ1n) is 9.89. The average molecular weight is 416 g/mol. The van der Waals surface area contributed by atoms with Gasteiger partial charge < -0.3 is 15.2 Å². The largest absolute Gasteiger partial charge is 0.341 e. The standard InChI is InChI=1S/C22H26ClN3O3/c1-14(2)20(25-21(28)17-5-8-19(27)24-13-17)22(29)26-11-9-16(10-12-26)15-3-6-18(23)7-4-15/h3-8,13-14,16,20H,9-12H2,1-2H3,(H,24,27)(H,25,28)/t20-/m1/s1. The van der Waals surface area contributed by atoms with E-state index in [1.807, 2.05) is 43.0 Å². The average Bonchev–Trinajstić information content (AvgIpc) is 2.72. The van der Waals surface area contributed by atoms with Crippen LogP contribution in [0.5, 0.6) is 0 Å². The van der Waals surface area contributed by atoms with E-state index in [1.54, 1.807) is 0 Å². The molecule has 2 amide bonds. The molecule has 0 aliphatic carbocycles. The minimum atomic E-state index is -0.610. The third-order valence-electron chi connectivity index (χ3n) is 5.41. The molecule has 0 bridgehead atoms. The summed E-state index contributed by atoms with van der Waals surface area (Å²) in [5.41, 5.74) is 1.29. The van der Waals surface area contributed by atoms with Gasteiger partial charge in [0.1, 0.15) is 6.04 Å². The fourth-order valence-corrected chi connectivity index (χ4v) is 3.78. The first kappa shape index (κ1) is 21.1. The van der Waals surface area contributed by atoms with Gasteiger partial charge in [0.15, 0.2) is 0 Å². The zero-order chi connectivity index (χ0) is 21.0. The van der Waals surface area contributed by atoms with Crippen molar-refractivity contribution in [1.82, 2.24) is 15.2 Å². The lowest BCUT2D eigenvalue weighted by molar-refractivity contribution is -0.135. The summed E-state index contributed by atoms with van der Waals surface area (Å²) in [5.74, 6) is -0.0792. The summed E-state index contributed by atoms with van der Waals surface area (Å²) >= 11 is 5.97. The van der Waals surface area contributed by atoms with Crippen LogP contribution < -0.4 is 10.9 Å². The Morgan fingerprint density at radius 3 is 2.31 bits per heavy atom. The summed E-state index contributed by atoms with van der Waals surface area (Å²) < 4.78 is 0. The Hall–Kier alpha value is -2.60. The van der Waals surface area contributed by atoms with Crippen LogP contribution in [0.15, 0.2) is 47.4 Å². The van der Waals surface area contributed by atoms with Crippen LogP contribution in [0, 0.1) is 5.92 Å². The Balaban J connectivity index is 1.62. The summed E-state index contributed by atoms with van der Waals surface area (Å²) in [7, 11) is 0. The Kier molecular flexibility index (Phi) is 6.75. The molecule has 0 saturated carbocycles. The molecule has 1 aliphatic rings. The van der Waals surface area contributed by atoms with E-state index in [1.165, 1.54) is 23.9 Å². The molecule has 0 unspecified atom stereocenters. The Morgan fingerprint density at radius 1 is 1.10 bits per heavy atom. The lowest BCUT2D eigenvalue weighted by atomic mass is 9.89. The lowest BCUT2D eigenvalue weighted by Crippen LogP contribution is -2.52. The van der Waals surface area contributed by atoms with E-state index >= 15 is 0 Å². The summed E-state index contributed by atoms with van der Waals surface area (Å²) in [6, 6.07) is 10.0. The highest BCUT2D eigenvalue weighted by molar-refractivity contribution is 6.30. The molecule has 7 heteroatoms. The molecule has 1 aliphatic heterocycles. The molecule has 2 N–H and O–H groups in total. The number of nitrogens with one attached hydrogen (secondary N) is 2. The van der Waals surface area contributed by atoms with Crippen LogP contribution in [-0.4, -0.2) is 40.8 Å². The second-order valence-electron chi connectivity index (χ2n) is 7.79. The van der Waals surface area contributed by atoms with Crippen molar-refractivity contribution in [2.45, 2.75) is 38.6 Å². The van der Waals surface area contributed by atoms with Crippen molar-refractivity contribution in [3.05, 3.63) is 69.1 Å². The van der Waals surface area contributed by atoms with Gasteiger partial charge in [-0.25, -0.2) is 0 Å². The molecule has 154 valence electrons. The van der Waals surface area contributed by atoms with E-state index in [0.717, 1.165) is 17.9 Å². The van der Waals surface area contributed by atoms with Gasteiger partial charge >= 0.3 is 0 Å². The fraction of sp³-hybridized carbons (Fsp3) is 0.409. The zero-order valence-corrected chi connectivity index (χ0v) is 17.4. The monoisotopic (exact) mass is 415 g/mol. The first-order valence-corrected chi connectivity index (χ1v) is 10.3. The van der Waals surface area contributed by atoms with Crippen molar-refractivity contribution < 1.29 is 9.59 Å². The highest BCUT2D eigenvalue weighted by atomic mass is 35.5. The number of hydrogen-bond acceptors (Lipinski definition) is 3. The topological polar surface area (TPSA) is 82.3 Å². The molecule has 1 aromatic carbocycles. The SMILES string of the molecule is CC(C)[C@@H](NC(=O)c1ccc(=O)[nH]c1)C(=O)N1CCC(c2ccc(Cl)cc2)CC1. The Bertz CT molecular complexity index is 895. The minimum absolute atomic E-state index is 0.0526. The van der Waals surface area contributed by atoms with Gasteiger partial charge in [-0.05, 0) is 48.4 Å². The second kappa shape index (κ2) is 9.27. The molecular weight excluding hydrogens is 390 g/mol. The van der Waals surface area contributed by atoms with Crippen LogP contribution in [0.1, 0.15) is 48.5 Å². The van der Waals surface area contributed by atoms with E-state index in [9.17, 15) is 14.4 Å². The number of halogens is 1. The molecule has 1 aromatic heterocycles. The summed E-state index contributed by atoms with van der Waals surface area (Å²) in [4.78, 5) is 41.1. The molecule has 0 spiro atoms. The number of rotatable bonds is 5. The van der Waals surface area contributed by atoms with Gasteiger partial charge in [0.25, 0.3) is 5.91 Å². The second-order valence-corrected chi connectivity index (χ2v) is 8.22. The van der Waals surface area contributed by atoms with E-state index in [0.29, 0.717) is 24.6 Å². The number of amides is 2. The maximum atomic E-state index is 13.1. The van der Waals surface area contributed by atoms with Crippen molar-refractivity contribution in [1.29, 1.82) is 0 Å². The Morgan fingerprint density at radius 2 is 1.76 bits per heavy atom. The van der Waals surface area contributed by atoms with E-state index in [4.69, 9.17) is 11.6 Å². The number of pyridine rings is 1. The van der Waals surface area contributed by atoms with E-state index < -0.39 is 6.04 Å². The molecule has 29 heavy (non-hydrogen) atoms. The fourth-order valence-electron chi connectivity index (χ4n) is 3.65. The van der Waals surface area contributed by atoms with Crippen LogP contribution >= 0.6 is 11.6 Å². The molecule has 6 nitrogen and oxygen atoms in total. The van der Waals surface area contributed by atoms with Gasteiger partial charge in [-0.1, -0.05) is 37.6 Å². The van der Waals surface area contributed by atoms with Crippen LogP contribution in [0.3, 0.4) is 0 Å². The maximum absolute atomic E-state index is 13.1. The van der Waals surface area contributed by atoms with Crippen LogP contribution in [0.4, 0.5) is 0 Å². The van der Waals surface area contributed by atoms with Crippen LogP contribution in [-0.2, 0) is 4.79 Å². The normalized spacial score (nSPS) is 15.9. The number of piperidine rings is 1. The van der Waals surface area contributed by atoms with Crippen LogP contribution in [0.25, 0.3) is 0 Å². The number of likely N-dealkylation sites (tertiary alicyclic amines) is 1. The molecule has 0 radical (unpaired) electrons. The highest BCUT2D eigenvalue weighted by Gasteiger charge is 2.31. The summed E-state index contributed by atoms with van der Waals surface area (Å²) in [6.07, 6.45) is 3.12. The minimum Gasteiger partial charge on any atom is -0.341 e. The predicted octanol–water partition coefficient (Wildman–Crippen LogP) is 3.19. The third-order valence-corrected chi connectivity index (χ3v) is 5.67. The van der Waals surface area contributed by atoms with Gasteiger partial charge in [0.05, 0.1) is 5.56 Å². The number of aromatic amines is 1. The van der Waals surface area contributed by atoms with Crippen molar-refractivity contribution in [3.63, 3.8) is 0 Å². The van der Waals surface area contributed by atoms with Gasteiger partial charge in [-0.2, -0.15) is 0 Å². The number of nitrogens with zero attached hydrogens (tertiary/aromatic N) is 1. The number of benzene rings is 1. The van der Waals surface area contributed by atoms with Crippen LogP contribution in [0.2, 0.25) is 5.02 Å². The summed E-state index contributed by atoms with van der Waals surface area (Å²) in [6.45, 7) is 5.14. The van der Waals surface area contributed by atoms with Gasteiger partial charge in [0, 0.05) is 30.4 Å². The number of hydrogen-bond donors (Lipinski definition) is 2. The zero-order valence-electron chi connectivity index (χ0n) is 16.7. The van der Waals surface area contributed by atoms with Gasteiger partial charge in [-0.15, -0.1) is 0 Å². The lowest BCUT2D eigenvalue weighted by Gasteiger charge is -2.35.